The highest BCUT2D eigenvalue weighted by molar-refractivity contribution is 5.43. The summed E-state index contributed by atoms with van der Waals surface area (Å²) in [6, 6.07) is 6.75. The number of benzene rings is 1. The van der Waals surface area contributed by atoms with Crippen molar-refractivity contribution in [3.63, 3.8) is 0 Å². The van der Waals surface area contributed by atoms with Gasteiger partial charge in [-0.15, -0.1) is 0 Å². The Balaban J connectivity index is 1.62. The Morgan fingerprint density at radius 2 is 2.00 bits per heavy atom. The molecule has 2 aromatic rings. The van der Waals surface area contributed by atoms with Crippen LogP contribution in [0, 0.1) is 25.7 Å². The second-order valence-electron chi connectivity index (χ2n) is 7.83. The van der Waals surface area contributed by atoms with Gasteiger partial charge >= 0.3 is 0 Å². The molecule has 1 saturated carbocycles. The number of nitrogens with one attached hydrogen (secondary N) is 1. The standard InChI is InChI=1S/C22H32N2O3/c1-14-7-6-8-20(15(14)2)23-12-18-9-10-21(22(11-18)25-5)26-13-19-16(3)24-27-17(19)4/h9-11,14-15,20,23H,6-8,12-13H2,1-5H3/t14-,15+,20+/m0/s1. The van der Waals surface area contributed by atoms with Crippen molar-refractivity contribution >= 4 is 0 Å². The number of methoxy groups -OCH3 is 1. The lowest BCUT2D eigenvalue weighted by Gasteiger charge is -2.34. The maximum Gasteiger partial charge on any atom is 0.161 e. The van der Waals surface area contributed by atoms with Crippen LogP contribution in [0.25, 0.3) is 0 Å². The molecule has 3 atom stereocenters. The molecule has 1 heterocycles. The fourth-order valence-corrected chi connectivity index (χ4v) is 3.92. The van der Waals surface area contributed by atoms with Gasteiger partial charge in [0, 0.05) is 12.6 Å². The SMILES string of the molecule is COc1cc(CN[C@@H]2CCC[C@H](C)[C@H]2C)ccc1OCc1c(C)noc1C. The maximum atomic E-state index is 5.97. The number of rotatable bonds is 7. The van der Waals surface area contributed by atoms with Crippen LogP contribution in [0.2, 0.25) is 0 Å². The van der Waals surface area contributed by atoms with Crippen LogP contribution < -0.4 is 14.8 Å². The molecule has 3 rings (SSSR count). The van der Waals surface area contributed by atoms with E-state index in [1.807, 2.05) is 19.9 Å². The molecule has 148 valence electrons. The summed E-state index contributed by atoms with van der Waals surface area (Å²) in [4.78, 5) is 0. The molecular formula is C22H32N2O3. The van der Waals surface area contributed by atoms with Gasteiger partial charge in [-0.25, -0.2) is 0 Å². The lowest BCUT2D eigenvalue weighted by molar-refractivity contribution is 0.206. The molecule has 1 aliphatic rings. The van der Waals surface area contributed by atoms with Gasteiger partial charge < -0.3 is 19.3 Å². The maximum absolute atomic E-state index is 5.97. The highest BCUT2D eigenvalue weighted by atomic mass is 16.5. The van der Waals surface area contributed by atoms with Crippen molar-refractivity contribution in [2.45, 2.75) is 66.2 Å². The Bertz CT molecular complexity index is 737. The molecule has 0 spiro atoms. The Morgan fingerprint density at radius 1 is 1.19 bits per heavy atom. The van der Waals surface area contributed by atoms with Crippen LogP contribution in [0.3, 0.4) is 0 Å². The molecule has 1 aromatic heterocycles. The zero-order chi connectivity index (χ0) is 19.4. The molecule has 1 aromatic carbocycles. The summed E-state index contributed by atoms with van der Waals surface area (Å²) in [5.41, 5.74) is 3.06. The zero-order valence-corrected chi connectivity index (χ0v) is 17.2. The molecule has 1 N–H and O–H groups in total. The Labute approximate surface area is 162 Å². The molecule has 0 unspecified atom stereocenters. The fraction of sp³-hybridized carbons (Fsp3) is 0.591. The van der Waals surface area contributed by atoms with Crippen molar-refractivity contribution < 1.29 is 14.0 Å². The Hall–Kier alpha value is -2.01. The summed E-state index contributed by atoms with van der Waals surface area (Å²) < 4.78 is 16.7. The molecule has 1 aliphatic carbocycles. The molecule has 0 bridgehead atoms. The van der Waals surface area contributed by atoms with Gasteiger partial charge in [0.05, 0.1) is 18.4 Å². The molecule has 0 radical (unpaired) electrons. The molecule has 5 heteroatoms. The van der Waals surface area contributed by atoms with E-state index in [9.17, 15) is 0 Å². The van der Waals surface area contributed by atoms with Crippen molar-refractivity contribution in [3.8, 4) is 11.5 Å². The average Bonchev–Trinajstić information content (AvgIpc) is 2.99. The van der Waals surface area contributed by atoms with Crippen LogP contribution in [0.1, 0.15) is 55.7 Å². The van der Waals surface area contributed by atoms with E-state index in [0.29, 0.717) is 12.6 Å². The van der Waals surface area contributed by atoms with Gasteiger partial charge in [0.2, 0.25) is 0 Å². The van der Waals surface area contributed by atoms with E-state index in [2.05, 4.69) is 36.5 Å². The van der Waals surface area contributed by atoms with E-state index >= 15 is 0 Å². The topological polar surface area (TPSA) is 56.5 Å². The van der Waals surface area contributed by atoms with Crippen molar-refractivity contribution in [1.82, 2.24) is 10.5 Å². The number of hydrogen-bond acceptors (Lipinski definition) is 5. The van der Waals surface area contributed by atoms with E-state index in [1.165, 1.54) is 24.8 Å². The second kappa shape index (κ2) is 8.79. The lowest BCUT2D eigenvalue weighted by atomic mass is 9.78. The first kappa shape index (κ1) is 19.7. The molecular weight excluding hydrogens is 340 g/mol. The van der Waals surface area contributed by atoms with Crippen LogP contribution in [0.4, 0.5) is 0 Å². The van der Waals surface area contributed by atoms with E-state index in [-0.39, 0.29) is 0 Å². The molecule has 27 heavy (non-hydrogen) atoms. The van der Waals surface area contributed by atoms with Crippen LogP contribution >= 0.6 is 0 Å². The smallest absolute Gasteiger partial charge is 0.161 e. The minimum absolute atomic E-state index is 0.423. The minimum Gasteiger partial charge on any atom is -0.493 e. The van der Waals surface area contributed by atoms with Crippen molar-refractivity contribution in [2.75, 3.05) is 7.11 Å². The predicted molar refractivity (Wildman–Crippen MR) is 106 cm³/mol. The van der Waals surface area contributed by atoms with Crippen LogP contribution in [0.15, 0.2) is 22.7 Å². The normalized spacial score (nSPS) is 22.6. The Kier molecular flexibility index (Phi) is 6.42. The van der Waals surface area contributed by atoms with Crippen LogP contribution in [-0.2, 0) is 13.2 Å². The summed E-state index contributed by atoms with van der Waals surface area (Å²) in [6.45, 7) is 9.83. The number of nitrogens with zero attached hydrogens (tertiary/aromatic N) is 1. The molecule has 1 fully saturated rings. The summed E-state index contributed by atoms with van der Waals surface area (Å²) in [6.07, 6.45) is 3.94. The Morgan fingerprint density at radius 3 is 2.70 bits per heavy atom. The second-order valence-corrected chi connectivity index (χ2v) is 7.83. The number of ether oxygens (including phenoxy) is 2. The summed E-state index contributed by atoms with van der Waals surface area (Å²) >= 11 is 0. The number of hydrogen-bond donors (Lipinski definition) is 1. The summed E-state index contributed by atoms with van der Waals surface area (Å²) in [7, 11) is 1.68. The number of aromatic nitrogens is 1. The first-order chi connectivity index (χ1) is 13.0. The predicted octanol–water partition coefficient (Wildman–Crippen LogP) is 4.79. The quantitative estimate of drug-likeness (QED) is 0.757. The molecule has 0 saturated heterocycles. The van der Waals surface area contributed by atoms with E-state index < -0.39 is 0 Å². The van der Waals surface area contributed by atoms with Crippen LogP contribution in [-0.4, -0.2) is 18.3 Å². The summed E-state index contributed by atoms with van der Waals surface area (Å²) in [5, 5.41) is 7.71. The minimum atomic E-state index is 0.423. The molecule has 0 amide bonds. The summed E-state index contributed by atoms with van der Waals surface area (Å²) in [5.74, 6) is 3.80. The van der Waals surface area contributed by atoms with E-state index in [4.69, 9.17) is 14.0 Å². The van der Waals surface area contributed by atoms with Gasteiger partial charge in [-0.2, -0.15) is 0 Å². The lowest BCUT2D eigenvalue weighted by Crippen LogP contribution is -2.40. The third kappa shape index (κ3) is 4.64. The van der Waals surface area contributed by atoms with Crippen molar-refractivity contribution in [3.05, 3.63) is 40.8 Å². The van der Waals surface area contributed by atoms with Crippen LogP contribution in [0.5, 0.6) is 11.5 Å². The van der Waals surface area contributed by atoms with Gasteiger partial charge in [-0.1, -0.05) is 37.9 Å². The van der Waals surface area contributed by atoms with Gasteiger partial charge in [-0.05, 0) is 49.8 Å². The third-order valence-corrected chi connectivity index (χ3v) is 6.06. The zero-order valence-electron chi connectivity index (χ0n) is 17.2. The number of aryl methyl sites for hydroxylation is 2. The highest BCUT2D eigenvalue weighted by Crippen LogP contribution is 2.31. The highest BCUT2D eigenvalue weighted by Gasteiger charge is 2.26. The van der Waals surface area contributed by atoms with Crippen molar-refractivity contribution in [2.24, 2.45) is 11.8 Å². The van der Waals surface area contributed by atoms with Gasteiger partial charge in [0.25, 0.3) is 0 Å². The van der Waals surface area contributed by atoms with Gasteiger partial charge in [-0.3, -0.25) is 0 Å². The molecule has 0 aliphatic heterocycles. The largest absolute Gasteiger partial charge is 0.493 e. The van der Waals surface area contributed by atoms with Gasteiger partial charge in [0.15, 0.2) is 11.5 Å². The van der Waals surface area contributed by atoms with Gasteiger partial charge in [0.1, 0.15) is 12.4 Å². The third-order valence-electron chi connectivity index (χ3n) is 6.06. The van der Waals surface area contributed by atoms with Crippen molar-refractivity contribution in [1.29, 1.82) is 0 Å². The fourth-order valence-electron chi connectivity index (χ4n) is 3.92. The average molecular weight is 373 g/mol. The molecule has 5 nitrogen and oxygen atoms in total. The first-order valence-electron chi connectivity index (χ1n) is 9.94. The van der Waals surface area contributed by atoms with E-state index in [0.717, 1.165) is 46.9 Å². The van der Waals surface area contributed by atoms with E-state index in [1.54, 1.807) is 7.11 Å². The first-order valence-corrected chi connectivity index (χ1v) is 9.94. The monoisotopic (exact) mass is 372 g/mol.